The van der Waals surface area contributed by atoms with E-state index in [1.54, 1.807) is 0 Å². The second kappa shape index (κ2) is 5.17. The number of ether oxygens (including phenoxy) is 1. The van der Waals surface area contributed by atoms with Crippen LogP contribution in [0.3, 0.4) is 0 Å². The molecule has 0 aliphatic heterocycles. The molecule has 0 fully saturated rings. The van der Waals surface area contributed by atoms with Gasteiger partial charge in [0.05, 0.1) is 12.7 Å². The molecule has 1 aliphatic carbocycles. The van der Waals surface area contributed by atoms with Crippen molar-refractivity contribution in [1.29, 1.82) is 0 Å². The molecule has 0 atom stereocenters. The Labute approximate surface area is 123 Å². The number of hydrogen-bond donors (Lipinski definition) is 2. The minimum absolute atomic E-state index is 0.101. The smallest absolute Gasteiger partial charge is 0.341 e. The zero-order chi connectivity index (χ0) is 15.0. The Morgan fingerprint density at radius 1 is 1.38 bits per heavy atom. The van der Waals surface area contributed by atoms with Crippen LogP contribution in [-0.2, 0) is 17.6 Å². The molecule has 8 nitrogen and oxygen atoms in total. The van der Waals surface area contributed by atoms with Gasteiger partial charge in [0.25, 0.3) is 5.91 Å². The van der Waals surface area contributed by atoms with Crippen molar-refractivity contribution in [3.8, 4) is 0 Å². The molecule has 0 aromatic carbocycles. The highest BCUT2D eigenvalue weighted by Gasteiger charge is 2.29. The van der Waals surface area contributed by atoms with E-state index in [0.717, 1.165) is 29.7 Å². The third kappa shape index (κ3) is 2.25. The molecule has 1 aliphatic rings. The van der Waals surface area contributed by atoms with E-state index in [4.69, 9.17) is 10.5 Å². The van der Waals surface area contributed by atoms with Crippen LogP contribution in [0, 0.1) is 0 Å². The Balaban J connectivity index is 1.94. The molecule has 0 saturated carbocycles. The lowest BCUT2D eigenvalue weighted by Gasteiger charge is -2.05. The number of aryl methyl sites for hydroxylation is 1. The number of rotatable bonds is 3. The van der Waals surface area contributed by atoms with Crippen LogP contribution < -0.4 is 11.1 Å². The number of methoxy groups -OCH3 is 1. The fourth-order valence-corrected chi connectivity index (χ4v) is 3.60. The molecule has 110 valence electrons. The van der Waals surface area contributed by atoms with Crippen LogP contribution in [0.2, 0.25) is 0 Å². The molecule has 0 spiro atoms. The average molecular weight is 308 g/mol. The monoisotopic (exact) mass is 308 g/mol. The van der Waals surface area contributed by atoms with E-state index >= 15 is 0 Å². The van der Waals surface area contributed by atoms with Crippen LogP contribution in [0.15, 0.2) is 4.63 Å². The first-order chi connectivity index (χ1) is 10.1. The summed E-state index contributed by atoms with van der Waals surface area (Å²) in [5.41, 5.74) is 6.73. The van der Waals surface area contributed by atoms with E-state index < -0.39 is 11.9 Å². The average Bonchev–Trinajstić information content (AvgIpc) is 3.13. The number of fused-ring (bicyclic) bond motifs is 1. The fraction of sp³-hybridized carbons (Fsp3) is 0.333. The molecule has 2 aromatic rings. The van der Waals surface area contributed by atoms with Gasteiger partial charge in [0, 0.05) is 4.88 Å². The molecule has 3 rings (SSSR count). The summed E-state index contributed by atoms with van der Waals surface area (Å²) < 4.78 is 9.19. The van der Waals surface area contributed by atoms with Crippen molar-refractivity contribution in [3.63, 3.8) is 0 Å². The Kier molecular flexibility index (Phi) is 3.34. The highest BCUT2D eigenvalue weighted by Crippen LogP contribution is 2.39. The van der Waals surface area contributed by atoms with Crippen molar-refractivity contribution in [1.82, 2.24) is 10.3 Å². The molecular formula is C12H12N4O4S. The molecule has 9 heteroatoms. The maximum Gasteiger partial charge on any atom is 0.341 e. The Morgan fingerprint density at radius 2 is 2.19 bits per heavy atom. The van der Waals surface area contributed by atoms with Gasteiger partial charge in [-0.05, 0) is 35.1 Å². The third-order valence-corrected chi connectivity index (χ3v) is 4.47. The summed E-state index contributed by atoms with van der Waals surface area (Å²) >= 11 is 1.37. The largest absolute Gasteiger partial charge is 0.465 e. The Hall–Kier alpha value is -2.42. The van der Waals surface area contributed by atoms with Crippen molar-refractivity contribution in [2.24, 2.45) is 0 Å². The van der Waals surface area contributed by atoms with Crippen LogP contribution in [0.5, 0.6) is 0 Å². The Morgan fingerprint density at radius 3 is 2.86 bits per heavy atom. The van der Waals surface area contributed by atoms with Gasteiger partial charge in [0.1, 0.15) is 5.00 Å². The van der Waals surface area contributed by atoms with Gasteiger partial charge in [-0.1, -0.05) is 0 Å². The predicted octanol–water partition coefficient (Wildman–Crippen LogP) is 1.24. The zero-order valence-corrected chi connectivity index (χ0v) is 12.0. The van der Waals surface area contributed by atoms with E-state index in [2.05, 4.69) is 20.3 Å². The number of anilines is 2. The number of nitrogens with zero attached hydrogens (tertiary/aromatic N) is 2. The van der Waals surface area contributed by atoms with Gasteiger partial charge in [0.15, 0.2) is 0 Å². The molecule has 3 N–H and O–H groups in total. The lowest BCUT2D eigenvalue weighted by Crippen LogP contribution is -2.16. The summed E-state index contributed by atoms with van der Waals surface area (Å²) in [5, 5.41) is 9.86. The van der Waals surface area contributed by atoms with Crippen LogP contribution in [0.4, 0.5) is 10.8 Å². The van der Waals surface area contributed by atoms with E-state index in [1.165, 1.54) is 18.4 Å². The molecular weight excluding hydrogens is 296 g/mol. The van der Waals surface area contributed by atoms with Crippen molar-refractivity contribution in [2.75, 3.05) is 18.2 Å². The SMILES string of the molecule is COC(=O)c1c(NC(=O)c2nonc2N)sc2c1CCC2. The first-order valence-corrected chi connectivity index (χ1v) is 7.05. The van der Waals surface area contributed by atoms with Crippen LogP contribution in [0.1, 0.15) is 37.7 Å². The fourth-order valence-electron chi connectivity index (χ4n) is 2.33. The summed E-state index contributed by atoms with van der Waals surface area (Å²) in [7, 11) is 1.31. The standard InChI is InChI=1S/C12H12N4O4S/c1-19-12(18)7-5-3-2-4-6(5)21-11(7)14-10(17)8-9(13)16-20-15-8/h2-4H2,1H3,(H2,13,16)(H,14,17). The van der Waals surface area contributed by atoms with E-state index in [1.807, 2.05) is 0 Å². The second-order valence-corrected chi connectivity index (χ2v) is 5.61. The van der Waals surface area contributed by atoms with Gasteiger partial charge in [0.2, 0.25) is 11.5 Å². The minimum atomic E-state index is -0.571. The zero-order valence-electron chi connectivity index (χ0n) is 11.1. The second-order valence-electron chi connectivity index (χ2n) is 4.51. The van der Waals surface area contributed by atoms with Gasteiger partial charge in [-0.25, -0.2) is 9.42 Å². The number of nitrogens with two attached hydrogens (primary N) is 1. The number of carbonyl (C=O) groups excluding carboxylic acids is 2. The van der Waals surface area contributed by atoms with Crippen LogP contribution in [-0.4, -0.2) is 29.3 Å². The van der Waals surface area contributed by atoms with Crippen molar-refractivity contribution in [2.45, 2.75) is 19.3 Å². The van der Waals surface area contributed by atoms with Gasteiger partial charge in [-0.3, -0.25) is 4.79 Å². The molecule has 2 aromatic heterocycles. The van der Waals surface area contributed by atoms with Gasteiger partial charge in [-0.15, -0.1) is 11.3 Å². The lowest BCUT2D eigenvalue weighted by atomic mass is 10.1. The van der Waals surface area contributed by atoms with E-state index in [9.17, 15) is 9.59 Å². The summed E-state index contributed by atoms with van der Waals surface area (Å²) in [4.78, 5) is 25.1. The number of esters is 1. The minimum Gasteiger partial charge on any atom is -0.465 e. The Bertz CT molecular complexity index is 721. The number of nitrogen functional groups attached to an aromatic ring is 1. The first-order valence-electron chi connectivity index (χ1n) is 6.24. The van der Waals surface area contributed by atoms with Crippen molar-refractivity contribution >= 4 is 34.0 Å². The normalized spacial score (nSPS) is 13.0. The van der Waals surface area contributed by atoms with Crippen molar-refractivity contribution in [3.05, 3.63) is 21.7 Å². The lowest BCUT2D eigenvalue weighted by molar-refractivity contribution is 0.0601. The summed E-state index contributed by atoms with van der Waals surface area (Å²) in [6, 6.07) is 0. The summed E-state index contributed by atoms with van der Waals surface area (Å²) in [6.45, 7) is 0. The molecule has 0 saturated heterocycles. The molecule has 0 bridgehead atoms. The molecule has 1 amide bonds. The highest BCUT2D eigenvalue weighted by molar-refractivity contribution is 7.17. The molecule has 2 heterocycles. The predicted molar refractivity (Wildman–Crippen MR) is 74.3 cm³/mol. The highest BCUT2D eigenvalue weighted by atomic mass is 32.1. The van der Waals surface area contributed by atoms with Gasteiger partial charge >= 0.3 is 5.97 Å². The topological polar surface area (TPSA) is 120 Å². The van der Waals surface area contributed by atoms with Crippen LogP contribution in [0.25, 0.3) is 0 Å². The maximum atomic E-state index is 12.1. The number of thiophene rings is 1. The van der Waals surface area contributed by atoms with E-state index in [0.29, 0.717) is 10.6 Å². The molecule has 0 radical (unpaired) electrons. The number of hydrogen-bond acceptors (Lipinski definition) is 8. The number of carbonyl (C=O) groups is 2. The summed E-state index contributed by atoms with van der Waals surface area (Å²) in [6.07, 6.45) is 2.70. The van der Waals surface area contributed by atoms with Gasteiger partial charge < -0.3 is 15.8 Å². The van der Waals surface area contributed by atoms with Gasteiger partial charge in [-0.2, -0.15) is 0 Å². The van der Waals surface area contributed by atoms with Crippen molar-refractivity contribution < 1.29 is 19.0 Å². The number of aromatic nitrogens is 2. The third-order valence-electron chi connectivity index (χ3n) is 3.27. The number of nitrogens with one attached hydrogen (secondary N) is 1. The first kappa shape index (κ1) is 13.6. The van der Waals surface area contributed by atoms with E-state index in [-0.39, 0.29) is 11.5 Å². The van der Waals surface area contributed by atoms with Crippen LogP contribution >= 0.6 is 11.3 Å². The molecule has 21 heavy (non-hydrogen) atoms. The number of amides is 1. The molecule has 0 unspecified atom stereocenters. The maximum absolute atomic E-state index is 12.1. The summed E-state index contributed by atoms with van der Waals surface area (Å²) in [5.74, 6) is -1.13. The quantitative estimate of drug-likeness (QED) is 0.818.